The molecule has 0 bridgehead atoms. The fraction of sp³-hybridized carbons (Fsp3) is 0.111. The van der Waals surface area contributed by atoms with Crippen molar-refractivity contribution in [2.45, 2.75) is 6.92 Å². The molecule has 2 aromatic rings. The van der Waals surface area contributed by atoms with Crippen molar-refractivity contribution in [3.05, 3.63) is 57.3 Å². The van der Waals surface area contributed by atoms with Crippen LogP contribution in [-0.2, 0) is 14.6 Å². The summed E-state index contributed by atoms with van der Waals surface area (Å²) in [5, 5.41) is 24.1. The number of fused-ring (bicyclic) bond motifs is 1. The summed E-state index contributed by atoms with van der Waals surface area (Å²) in [4.78, 5) is 26.8. The van der Waals surface area contributed by atoms with E-state index in [1.807, 2.05) is 0 Å². The van der Waals surface area contributed by atoms with Crippen LogP contribution in [0.1, 0.15) is 11.3 Å². The van der Waals surface area contributed by atoms with Crippen molar-refractivity contribution in [1.29, 1.82) is 5.41 Å². The maximum Gasteiger partial charge on any atom is 0.283 e. The van der Waals surface area contributed by atoms with Gasteiger partial charge in [-0.2, -0.15) is 10.0 Å². The number of hydrogen-bond donors (Lipinski definition) is 1. The van der Waals surface area contributed by atoms with E-state index >= 15 is 0 Å². The van der Waals surface area contributed by atoms with Crippen molar-refractivity contribution >= 4 is 54.6 Å². The van der Waals surface area contributed by atoms with E-state index in [0.717, 1.165) is 16.8 Å². The summed E-state index contributed by atoms with van der Waals surface area (Å²) in [6.45, 7) is 1.78. The first-order valence-electron chi connectivity index (χ1n) is 8.60. The van der Waals surface area contributed by atoms with Crippen molar-refractivity contribution in [2.75, 3.05) is 6.26 Å². The molecule has 13 heteroatoms. The number of hydrazone groups is 1. The van der Waals surface area contributed by atoms with E-state index in [9.17, 15) is 23.3 Å². The number of aryl methyl sites for hydroxylation is 1. The minimum Gasteiger partial charge on any atom is -0.457 e. The first-order valence-corrected chi connectivity index (χ1v) is 11.3. The van der Waals surface area contributed by atoms with Gasteiger partial charge in [0.05, 0.1) is 10.5 Å². The number of amidine groups is 2. The van der Waals surface area contributed by atoms with Crippen LogP contribution in [0.3, 0.4) is 0 Å². The van der Waals surface area contributed by atoms with Gasteiger partial charge in [0.2, 0.25) is 19.4 Å². The molecule has 2 aliphatic rings. The molecule has 0 unspecified atom stereocenters. The lowest BCUT2D eigenvalue weighted by atomic mass is 10.1. The molecule has 0 fully saturated rings. The number of non-ortho nitro benzene ring substituents is 1. The number of aliphatic imine (C=N–C) groups is 1. The summed E-state index contributed by atoms with van der Waals surface area (Å²) >= 11 is 0.695. The number of furan rings is 1. The average molecular weight is 459 g/mol. The van der Waals surface area contributed by atoms with E-state index in [-0.39, 0.29) is 32.4 Å². The van der Waals surface area contributed by atoms with Crippen LogP contribution < -0.4 is 0 Å². The number of sulfone groups is 1. The molecular formula is C18H13N5O6S2. The molecule has 0 saturated heterocycles. The predicted octanol–water partition coefficient (Wildman–Crippen LogP) is 2.78. The molecule has 11 nitrogen and oxygen atoms in total. The highest BCUT2D eigenvalue weighted by atomic mass is 32.3. The smallest absolute Gasteiger partial charge is 0.283 e. The van der Waals surface area contributed by atoms with Gasteiger partial charge in [-0.3, -0.25) is 20.3 Å². The van der Waals surface area contributed by atoms with Crippen LogP contribution in [0.5, 0.6) is 0 Å². The summed E-state index contributed by atoms with van der Waals surface area (Å²) in [7, 11) is -3.62. The summed E-state index contributed by atoms with van der Waals surface area (Å²) < 4.78 is 28.9. The molecule has 1 amide bonds. The highest BCUT2D eigenvalue weighted by molar-refractivity contribution is 8.42. The van der Waals surface area contributed by atoms with Crippen LogP contribution in [0, 0.1) is 22.4 Å². The number of amides is 1. The lowest BCUT2D eigenvalue weighted by molar-refractivity contribution is -0.384. The molecule has 2 aliphatic heterocycles. The molecule has 3 heterocycles. The Morgan fingerprint density at radius 2 is 2.03 bits per heavy atom. The molecule has 1 aromatic heterocycles. The second-order valence-electron chi connectivity index (χ2n) is 6.62. The van der Waals surface area contributed by atoms with Crippen molar-refractivity contribution < 1.29 is 22.6 Å². The predicted molar refractivity (Wildman–Crippen MR) is 115 cm³/mol. The average Bonchev–Trinajstić information content (AvgIpc) is 3.32. The Morgan fingerprint density at radius 3 is 2.71 bits per heavy atom. The summed E-state index contributed by atoms with van der Waals surface area (Å²) in [6, 6.07) is 7.52. The molecule has 0 aliphatic carbocycles. The Bertz CT molecular complexity index is 1370. The summed E-state index contributed by atoms with van der Waals surface area (Å²) in [6.07, 6.45) is 2.26. The fourth-order valence-corrected chi connectivity index (χ4v) is 4.52. The van der Waals surface area contributed by atoms with Gasteiger partial charge in [0.25, 0.3) is 11.6 Å². The number of nitrogens with one attached hydrogen (secondary N) is 1. The van der Waals surface area contributed by atoms with Gasteiger partial charge in [-0.15, -0.1) is 5.10 Å². The molecule has 1 aromatic carbocycles. The van der Waals surface area contributed by atoms with Gasteiger partial charge >= 0.3 is 0 Å². The van der Waals surface area contributed by atoms with Crippen LogP contribution >= 0.6 is 11.8 Å². The lowest BCUT2D eigenvalue weighted by Crippen LogP contribution is -2.35. The van der Waals surface area contributed by atoms with Gasteiger partial charge in [0.1, 0.15) is 11.5 Å². The third-order valence-corrected chi connectivity index (χ3v) is 6.94. The zero-order chi connectivity index (χ0) is 22.5. The Balaban J connectivity index is 1.69. The molecule has 1 N–H and O–H groups in total. The highest BCUT2D eigenvalue weighted by Gasteiger charge is 2.38. The van der Waals surface area contributed by atoms with Crippen molar-refractivity contribution in [3.63, 3.8) is 0 Å². The maximum absolute atomic E-state index is 12.4. The monoisotopic (exact) mass is 459 g/mol. The summed E-state index contributed by atoms with van der Waals surface area (Å²) in [5.41, 5.74) is 1.04. The van der Waals surface area contributed by atoms with Crippen molar-refractivity contribution in [3.8, 4) is 11.3 Å². The van der Waals surface area contributed by atoms with Gasteiger partial charge in [-0.25, -0.2) is 8.42 Å². The maximum atomic E-state index is 12.4. The van der Waals surface area contributed by atoms with Crippen LogP contribution in [0.2, 0.25) is 0 Å². The topological polar surface area (TPSA) is 159 Å². The van der Waals surface area contributed by atoms with Crippen molar-refractivity contribution in [1.82, 2.24) is 5.01 Å². The van der Waals surface area contributed by atoms with Crippen LogP contribution in [-0.4, -0.2) is 45.9 Å². The number of carbonyl (C=O) groups is 1. The van der Waals surface area contributed by atoms with E-state index in [1.54, 1.807) is 25.1 Å². The Morgan fingerprint density at radius 1 is 1.29 bits per heavy atom. The molecule has 0 atom stereocenters. The zero-order valence-corrected chi connectivity index (χ0v) is 17.7. The normalized spacial score (nSPS) is 17.6. The number of thioether (sulfide) groups is 1. The third kappa shape index (κ3) is 3.80. The van der Waals surface area contributed by atoms with E-state index in [1.165, 1.54) is 18.2 Å². The van der Waals surface area contributed by atoms with Gasteiger partial charge in [0, 0.05) is 24.0 Å². The van der Waals surface area contributed by atoms with Gasteiger partial charge in [-0.05, 0) is 42.5 Å². The molecule has 158 valence electrons. The molecule has 0 spiro atoms. The standard InChI is InChI=1S/C18H13N5O6S2/c1-9-3-4-10(23(25)26)7-12(9)14-6-5-11(29-14)8-13-15(19)22-17(20-16(13)24)30-18(21-22)31(2,27)28/h3-8,19H,1-2H3/b13-8+,19-15?. The van der Waals surface area contributed by atoms with Gasteiger partial charge in [0.15, 0.2) is 5.84 Å². The van der Waals surface area contributed by atoms with E-state index in [4.69, 9.17) is 9.83 Å². The molecule has 0 saturated carbocycles. The Labute approximate surface area is 179 Å². The zero-order valence-electron chi connectivity index (χ0n) is 16.0. The number of carbonyl (C=O) groups excluding carboxylic acids is 1. The Kier molecular flexibility index (Phi) is 4.86. The molecular weight excluding hydrogens is 446 g/mol. The summed E-state index contributed by atoms with van der Waals surface area (Å²) in [5.74, 6) is -0.517. The fourth-order valence-electron chi connectivity index (χ4n) is 2.83. The largest absolute Gasteiger partial charge is 0.457 e. The van der Waals surface area contributed by atoms with E-state index in [2.05, 4.69) is 10.1 Å². The Hall–Kier alpha value is -3.58. The minimum atomic E-state index is -3.62. The minimum absolute atomic E-state index is 0.0140. The number of nitrogens with zero attached hydrogens (tertiary/aromatic N) is 4. The number of rotatable bonds is 3. The number of hydrogen-bond acceptors (Lipinski definition) is 9. The van der Waals surface area contributed by atoms with Crippen LogP contribution in [0.25, 0.3) is 17.4 Å². The SMILES string of the molecule is Cc1ccc([N+](=O)[O-])cc1-c1ccc(/C=C2\C(=N)N3N=C(S(C)(=O)=O)SC3=NC2=O)o1. The van der Waals surface area contributed by atoms with Crippen molar-refractivity contribution in [2.24, 2.45) is 10.1 Å². The molecule has 31 heavy (non-hydrogen) atoms. The van der Waals surface area contributed by atoms with E-state index < -0.39 is 20.7 Å². The first kappa shape index (κ1) is 20.7. The molecule has 4 rings (SSSR count). The first-order chi connectivity index (χ1) is 14.5. The van der Waals surface area contributed by atoms with Crippen LogP contribution in [0.15, 0.2) is 50.4 Å². The van der Waals surface area contributed by atoms with Gasteiger partial charge < -0.3 is 4.42 Å². The molecule has 0 radical (unpaired) electrons. The number of nitro benzene ring substituents is 1. The number of nitro groups is 1. The van der Waals surface area contributed by atoms with Crippen LogP contribution in [0.4, 0.5) is 5.69 Å². The number of benzene rings is 1. The van der Waals surface area contributed by atoms with E-state index in [0.29, 0.717) is 23.1 Å². The second-order valence-corrected chi connectivity index (χ2v) is 9.76. The quantitative estimate of drug-likeness (QED) is 0.416. The third-order valence-electron chi connectivity index (χ3n) is 4.36. The van der Waals surface area contributed by atoms with Gasteiger partial charge in [-0.1, -0.05) is 6.07 Å². The highest BCUT2D eigenvalue weighted by Crippen LogP contribution is 2.32. The lowest BCUT2D eigenvalue weighted by Gasteiger charge is -2.19. The second kappa shape index (κ2) is 7.28.